The summed E-state index contributed by atoms with van der Waals surface area (Å²) in [5.41, 5.74) is -0.243. The number of ether oxygens (including phenoxy) is 2. The molecular formula is C12H11BrClFO5S. The van der Waals surface area contributed by atoms with Gasteiger partial charge in [-0.1, -0.05) is 0 Å². The maximum absolute atomic E-state index is 13.5. The minimum atomic E-state index is -4.19. The van der Waals surface area contributed by atoms with Crippen LogP contribution in [-0.2, 0) is 18.5 Å². The predicted molar refractivity (Wildman–Crippen MR) is 76.4 cm³/mol. The molecule has 5 nitrogen and oxygen atoms in total. The number of carbonyl (C=O) groups is 1. The fourth-order valence-corrected chi connectivity index (χ4v) is 4.16. The molecule has 0 saturated carbocycles. The maximum atomic E-state index is 13.5. The van der Waals surface area contributed by atoms with Crippen molar-refractivity contribution in [1.29, 1.82) is 0 Å². The third-order valence-corrected chi connectivity index (χ3v) is 5.37. The molecule has 1 heterocycles. The number of hydrogen-bond donors (Lipinski definition) is 0. The van der Waals surface area contributed by atoms with Crippen LogP contribution in [0, 0.1) is 5.82 Å². The Kier molecular flexibility index (Phi) is 5.24. The molecule has 1 aromatic rings. The van der Waals surface area contributed by atoms with Gasteiger partial charge in [0.25, 0.3) is 9.05 Å². The maximum Gasteiger partial charge on any atom is 0.339 e. The molecule has 1 aliphatic rings. The summed E-state index contributed by atoms with van der Waals surface area (Å²) < 4.78 is 46.3. The summed E-state index contributed by atoms with van der Waals surface area (Å²) >= 11 is 2.94. The number of benzene rings is 1. The van der Waals surface area contributed by atoms with Gasteiger partial charge in [-0.25, -0.2) is 17.6 Å². The zero-order valence-corrected chi connectivity index (χ0v) is 13.8. The Balaban J connectivity index is 2.22. The number of halogens is 3. The second kappa shape index (κ2) is 6.60. The van der Waals surface area contributed by atoms with Crippen molar-refractivity contribution in [2.75, 3.05) is 13.2 Å². The molecule has 21 heavy (non-hydrogen) atoms. The average molecular weight is 402 g/mol. The van der Waals surface area contributed by atoms with Gasteiger partial charge in [0, 0.05) is 17.3 Å². The Morgan fingerprint density at radius 1 is 1.52 bits per heavy atom. The summed E-state index contributed by atoms with van der Waals surface area (Å²) in [7, 11) is 1.01. The van der Waals surface area contributed by atoms with E-state index in [2.05, 4.69) is 15.9 Å². The molecule has 0 spiro atoms. The number of esters is 1. The van der Waals surface area contributed by atoms with E-state index in [4.69, 9.17) is 20.2 Å². The standard InChI is InChI=1S/C12H11BrClFO5S/c13-11-9(4-7(15)5-10(11)21(14,17)18)12(16)20-6-8-2-1-3-19-8/h4-5,8H,1-3,6H2. The molecule has 1 fully saturated rings. The Morgan fingerprint density at radius 2 is 2.24 bits per heavy atom. The second-order valence-electron chi connectivity index (χ2n) is 4.44. The molecule has 1 atom stereocenters. The van der Waals surface area contributed by atoms with Crippen LogP contribution in [0.2, 0.25) is 0 Å². The fourth-order valence-electron chi connectivity index (χ4n) is 1.91. The third kappa shape index (κ3) is 4.15. The highest BCUT2D eigenvalue weighted by molar-refractivity contribution is 9.10. The molecule has 1 saturated heterocycles. The summed E-state index contributed by atoms with van der Waals surface area (Å²) in [5.74, 6) is -1.75. The van der Waals surface area contributed by atoms with Crippen LogP contribution in [0.5, 0.6) is 0 Å². The van der Waals surface area contributed by atoms with Crippen molar-refractivity contribution in [3.05, 3.63) is 28.0 Å². The van der Waals surface area contributed by atoms with Gasteiger partial charge in [-0.3, -0.25) is 0 Å². The predicted octanol–water partition coefficient (Wildman–Crippen LogP) is 2.85. The van der Waals surface area contributed by atoms with E-state index < -0.39 is 25.7 Å². The number of hydrogen-bond acceptors (Lipinski definition) is 5. The lowest BCUT2D eigenvalue weighted by Crippen LogP contribution is -2.18. The van der Waals surface area contributed by atoms with Crippen LogP contribution in [0.1, 0.15) is 23.2 Å². The lowest BCUT2D eigenvalue weighted by atomic mass is 10.2. The average Bonchev–Trinajstić information content (AvgIpc) is 2.90. The third-order valence-electron chi connectivity index (χ3n) is 2.91. The van der Waals surface area contributed by atoms with Crippen LogP contribution < -0.4 is 0 Å². The van der Waals surface area contributed by atoms with Crippen molar-refractivity contribution >= 4 is 41.6 Å². The highest BCUT2D eigenvalue weighted by Gasteiger charge is 2.24. The van der Waals surface area contributed by atoms with Crippen LogP contribution in [0.4, 0.5) is 4.39 Å². The monoisotopic (exact) mass is 400 g/mol. The van der Waals surface area contributed by atoms with Crippen molar-refractivity contribution in [3.8, 4) is 0 Å². The van der Waals surface area contributed by atoms with Gasteiger partial charge >= 0.3 is 5.97 Å². The molecule has 0 aromatic heterocycles. The molecule has 9 heteroatoms. The molecule has 116 valence electrons. The first-order valence-corrected chi connectivity index (χ1v) is 9.11. The number of rotatable bonds is 4. The van der Waals surface area contributed by atoms with E-state index >= 15 is 0 Å². The van der Waals surface area contributed by atoms with Crippen LogP contribution in [0.3, 0.4) is 0 Å². The molecule has 0 N–H and O–H groups in total. The van der Waals surface area contributed by atoms with Crippen molar-refractivity contribution in [1.82, 2.24) is 0 Å². The zero-order valence-electron chi connectivity index (χ0n) is 10.6. The summed E-state index contributed by atoms with van der Waals surface area (Å²) in [6, 6.07) is 1.61. The molecule has 0 aliphatic carbocycles. The minimum absolute atomic E-state index is 0.0325. The Labute approximate surface area is 133 Å². The molecular weight excluding hydrogens is 391 g/mol. The molecule has 1 aromatic carbocycles. The molecule has 1 aliphatic heterocycles. The SMILES string of the molecule is O=C(OCC1CCCO1)c1cc(F)cc(S(=O)(=O)Cl)c1Br. The zero-order chi connectivity index (χ0) is 15.6. The highest BCUT2D eigenvalue weighted by atomic mass is 79.9. The molecule has 0 radical (unpaired) electrons. The van der Waals surface area contributed by atoms with E-state index in [1.807, 2.05) is 0 Å². The largest absolute Gasteiger partial charge is 0.459 e. The Morgan fingerprint density at radius 3 is 2.81 bits per heavy atom. The normalized spacial score (nSPS) is 18.7. The van der Waals surface area contributed by atoms with Gasteiger partial charge in [-0.05, 0) is 40.9 Å². The van der Waals surface area contributed by atoms with Gasteiger partial charge in [0.2, 0.25) is 0 Å². The van der Waals surface area contributed by atoms with E-state index in [1.54, 1.807) is 0 Å². The van der Waals surface area contributed by atoms with Gasteiger partial charge in [-0.15, -0.1) is 0 Å². The lowest BCUT2D eigenvalue weighted by Gasteiger charge is -2.12. The first-order chi connectivity index (χ1) is 9.79. The van der Waals surface area contributed by atoms with Gasteiger partial charge < -0.3 is 9.47 Å². The highest BCUT2D eigenvalue weighted by Crippen LogP contribution is 2.30. The van der Waals surface area contributed by atoms with Crippen molar-refractivity contribution in [3.63, 3.8) is 0 Å². The minimum Gasteiger partial charge on any atom is -0.459 e. The smallest absolute Gasteiger partial charge is 0.339 e. The van der Waals surface area contributed by atoms with Crippen LogP contribution in [-0.4, -0.2) is 33.7 Å². The van der Waals surface area contributed by atoms with E-state index in [9.17, 15) is 17.6 Å². The quantitative estimate of drug-likeness (QED) is 0.573. The van der Waals surface area contributed by atoms with E-state index in [1.165, 1.54) is 0 Å². The fraction of sp³-hybridized carbons (Fsp3) is 0.417. The van der Waals surface area contributed by atoms with Crippen LogP contribution >= 0.6 is 26.6 Å². The summed E-state index contributed by atoms with van der Waals surface area (Å²) in [4.78, 5) is 11.4. The molecule has 1 unspecified atom stereocenters. The summed E-state index contributed by atoms with van der Waals surface area (Å²) in [6.45, 7) is 0.644. The molecule has 0 bridgehead atoms. The van der Waals surface area contributed by atoms with Crippen molar-refractivity contribution in [2.24, 2.45) is 0 Å². The van der Waals surface area contributed by atoms with E-state index in [0.29, 0.717) is 6.61 Å². The van der Waals surface area contributed by atoms with E-state index in [-0.39, 0.29) is 22.7 Å². The summed E-state index contributed by atoms with van der Waals surface area (Å²) in [6.07, 6.45) is 1.48. The van der Waals surface area contributed by atoms with Crippen molar-refractivity contribution < 1.29 is 27.1 Å². The van der Waals surface area contributed by atoms with Crippen molar-refractivity contribution in [2.45, 2.75) is 23.8 Å². The first kappa shape index (κ1) is 16.7. The van der Waals surface area contributed by atoms with Crippen LogP contribution in [0.25, 0.3) is 0 Å². The topological polar surface area (TPSA) is 69.7 Å². The van der Waals surface area contributed by atoms with Gasteiger partial charge in [0.1, 0.15) is 17.3 Å². The second-order valence-corrected chi connectivity index (χ2v) is 7.76. The first-order valence-electron chi connectivity index (χ1n) is 6.01. The Hall–Kier alpha value is -0.700. The number of carbonyl (C=O) groups excluding carboxylic acids is 1. The molecule has 0 amide bonds. The van der Waals surface area contributed by atoms with Gasteiger partial charge in [-0.2, -0.15) is 0 Å². The van der Waals surface area contributed by atoms with E-state index in [0.717, 1.165) is 25.0 Å². The summed E-state index contributed by atoms with van der Waals surface area (Å²) in [5, 5.41) is 0. The lowest BCUT2D eigenvalue weighted by molar-refractivity contribution is 0.0160. The van der Waals surface area contributed by atoms with Crippen LogP contribution in [0.15, 0.2) is 21.5 Å². The van der Waals surface area contributed by atoms with Gasteiger partial charge in [0.15, 0.2) is 0 Å². The van der Waals surface area contributed by atoms with Gasteiger partial charge in [0.05, 0.1) is 16.1 Å². The molecule has 2 rings (SSSR count). The Bertz CT molecular complexity index is 658.